The highest BCUT2D eigenvalue weighted by Gasteiger charge is 2.71. The zero-order valence-electron chi connectivity index (χ0n) is 21.2. The molecule has 1 saturated heterocycles. The fourth-order valence-electron chi connectivity index (χ4n) is 5.31. The third-order valence-electron chi connectivity index (χ3n) is 7.52. The standard InChI is InChI=1S/C26H29F3N4O5/c1-15-4-6-17(36-14-26(27,28)29)10-31-19(8-15)21(34)32-16-5-7-20-18(9-16)25(13-37-22(30)33-25)24(11-35-12-24)23(2,3)38-20/h5-10,15H,4,11-14H2,1-3H3,(H2,30,33)(H,32,34). The van der Waals surface area contributed by atoms with E-state index < -0.39 is 35.2 Å². The van der Waals surface area contributed by atoms with Crippen LogP contribution >= 0.6 is 0 Å². The minimum atomic E-state index is -4.48. The summed E-state index contributed by atoms with van der Waals surface area (Å²) in [5.41, 5.74) is 5.18. The van der Waals surface area contributed by atoms with Crippen LogP contribution in [0.1, 0.15) is 32.8 Å². The molecule has 9 nitrogen and oxygen atoms in total. The number of rotatable bonds is 4. The molecule has 4 aliphatic rings. The van der Waals surface area contributed by atoms with E-state index in [9.17, 15) is 18.0 Å². The van der Waals surface area contributed by atoms with Gasteiger partial charge in [0.05, 0.1) is 24.8 Å². The molecule has 2 atom stereocenters. The number of carbonyl (C=O) groups excluding carboxylic acids is 1. The van der Waals surface area contributed by atoms with Crippen LogP contribution in [0, 0.1) is 11.3 Å². The number of anilines is 1. The van der Waals surface area contributed by atoms with E-state index >= 15 is 0 Å². The number of hydrogen-bond acceptors (Lipinski definition) is 8. The van der Waals surface area contributed by atoms with Crippen molar-refractivity contribution in [1.29, 1.82) is 0 Å². The van der Waals surface area contributed by atoms with E-state index in [-0.39, 0.29) is 30.0 Å². The smallest absolute Gasteiger partial charge is 0.422 e. The number of amidine groups is 1. The van der Waals surface area contributed by atoms with Crippen molar-refractivity contribution in [1.82, 2.24) is 0 Å². The zero-order chi connectivity index (χ0) is 27.3. The molecule has 4 aliphatic heterocycles. The summed E-state index contributed by atoms with van der Waals surface area (Å²) in [6, 6.07) is 5.32. The maximum Gasteiger partial charge on any atom is 0.422 e. The molecular formula is C26H29F3N4O5. The molecular weight excluding hydrogens is 505 g/mol. The summed E-state index contributed by atoms with van der Waals surface area (Å²) < 4.78 is 60.2. The largest absolute Gasteiger partial charge is 0.487 e. The van der Waals surface area contributed by atoms with Crippen LogP contribution in [0.4, 0.5) is 18.9 Å². The topological polar surface area (TPSA) is 117 Å². The van der Waals surface area contributed by atoms with E-state index in [0.717, 1.165) is 6.21 Å². The number of benzene rings is 1. The van der Waals surface area contributed by atoms with E-state index in [2.05, 4.69) is 10.3 Å². The van der Waals surface area contributed by atoms with Gasteiger partial charge in [0.15, 0.2) is 6.61 Å². The van der Waals surface area contributed by atoms with E-state index in [1.54, 1.807) is 24.3 Å². The van der Waals surface area contributed by atoms with E-state index in [4.69, 9.17) is 29.7 Å². The van der Waals surface area contributed by atoms with Crippen LogP contribution < -0.4 is 15.8 Å². The Hall–Kier alpha value is -3.54. The van der Waals surface area contributed by atoms with Crippen LogP contribution in [0.25, 0.3) is 0 Å². The fraction of sp³-hybridized carbons (Fsp3) is 0.500. The van der Waals surface area contributed by atoms with Crippen molar-refractivity contribution in [2.75, 3.05) is 31.7 Å². The van der Waals surface area contributed by atoms with Crippen molar-refractivity contribution < 1.29 is 36.9 Å². The molecule has 0 radical (unpaired) electrons. The van der Waals surface area contributed by atoms with Gasteiger partial charge in [-0.15, -0.1) is 0 Å². The van der Waals surface area contributed by atoms with Gasteiger partial charge in [-0.3, -0.25) is 4.79 Å². The van der Waals surface area contributed by atoms with Gasteiger partial charge >= 0.3 is 6.18 Å². The third-order valence-corrected chi connectivity index (χ3v) is 7.52. The molecule has 0 bridgehead atoms. The van der Waals surface area contributed by atoms with Gasteiger partial charge < -0.3 is 30.0 Å². The Morgan fingerprint density at radius 3 is 2.66 bits per heavy atom. The van der Waals surface area contributed by atoms with E-state index in [0.29, 0.717) is 36.6 Å². The number of allylic oxidation sites excluding steroid dienone is 3. The second-order valence-corrected chi connectivity index (χ2v) is 10.5. The molecule has 0 aliphatic carbocycles. The van der Waals surface area contributed by atoms with Crippen molar-refractivity contribution in [3.63, 3.8) is 0 Å². The first-order valence-electron chi connectivity index (χ1n) is 12.2. The summed E-state index contributed by atoms with van der Waals surface area (Å²) >= 11 is 0. The highest BCUT2D eigenvalue weighted by Crippen LogP contribution is 2.62. The van der Waals surface area contributed by atoms with Crippen LogP contribution in [0.5, 0.6) is 5.75 Å². The Morgan fingerprint density at radius 2 is 2.03 bits per heavy atom. The van der Waals surface area contributed by atoms with Crippen LogP contribution in [-0.2, 0) is 24.5 Å². The molecule has 38 heavy (non-hydrogen) atoms. The predicted octanol–water partition coefficient (Wildman–Crippen LogP) is 3.81. The monoisotopic (exact) mass is 534 g/mol. The summed E-state index contributed by atoms with van der Waals surface area (Å²) in [7, 11) is 0. The van der Waals surface area contributed by atoms with Crippen molar-refractivity contribution in [2.24, 2.45) is 27.1 Å². The highest BCUT2D eigenvalue weighted by atomic mass is 19.4. The number of ether oxygens (including phenoxy) is 4. The number of hydrogen-bond donors (Lipinski definition) is 2. The molecule has 1 aromatic carbocycles. The van der Waals surface area contributed by atoms with Gasteiger partial charge in [0.2, 0.25) is 0 Å². The molecule has 1 aromatic rings. The van der Waals surface area contributed by atoms with Gasteiger partial charge in [0, 0.05) is 11.3 Å². The van der Waals surface area contributed by atoms with Gasteiger partial charge in [-0.1, -0.05) is 6.92 Å². The predicted molar refractivity (Wildman–Crippen MR) is 133 cm³/mol. The Balaban J connectivity index is 1.42. The molecule has 5 rings (SSSR count). The lowest BCUT2D eigenvalue weighted by Crippen LogP contribution is -2.71. The van der Waals surface area contributed by atoms with Gasteiger partial charge in [-0.05, 0) is 56.5 Å². The molecule has 4 heterocycles. The average Bonchev–Trinajstić information content (AvgIpc) is 3.16. The first kappa shape index (κ1) is 26.1. The Bertz CT molecular complexity index is 1270. The second kappa shape index (κ2) is 9.04. The lowest BCUT2D eigenvalue weighted by molar-refractivity contribution is -0.247. The van der Waals surface area contributed by atoms with E-state index in [1.807, 2.05) is 20.8 Å². The van der Waals surface area contributed by atoms with Crippen LogP contribution in [0.3, 0.4) is 0 Å². The number of fused-ring (bicyclic) bond motifs is 3. The summed E-state index contributed by atoms with van der Waals surface area (Å²) in [5.74, 6) is -0.135. The second-order valence-electron chi connectivity index (χ2n) is 10.5. The highest BCUT2D eigenvalue weighted by molar-refractivity contribution is 6.05. The summed E-state index contributed by atoms with van der Waals surface area (Å²) in [5, 5.41) is 2.83. The fourth-order valence-corrected chi connectivity index (χ4v) is 5.31. The number of nitrogens with one attached hydrogen (secondary N) is 1. The van der Waals surface area contributed by atoms with Crippen molar-refractivity contribution in [3.05, 3.63) is 47.4 Å². The van der Waals surface area contributed by atoms with Crippen LogP contribution in [-0.4, -0.2) is 56.3 Å². The summed E-state index contributed by atoms with van der Waals surface area (Å²) in [6.07, 6.45) is 0.198. The molecule has 12 heteroatoms. The molecule has 2 unspecified atom stereocenters. The Morgan fingerprint density at radius 1 is 1.26 bits per heavy atom. The Kier molecular flexibility index (Phi) is 6.20. The number of amides is 1. The lowest BCUT2D eigenvalue weighted by atomic mass is 9.55. The molecule has 2 spiro atoms. The van der Waals surface area contributed by atoms with Crippen molar-refractivity contribution in [2.45, 2.75) is 44.5 Å². The SMILES string of the molecule is CC1C=C(C(=O)Nc2ccc3c(c2)C2(COC(N)=N2)C2(COC2)C(C)(C)O3)N=CC(OCC(F)(F)F)=CC1. The Labute approximate surface area is 217 Å². The van der Waals surface area contributed by atoms with E-state index in [1.165, 1.54) is 6.08 Å². The minimum absolute atomic E-state index is 0.0484. The quantitative estimate of drug-likeness (QED) is 0.607. The lowest BCUT2D eigenvalue weighted by Gasteiger charge is -2.61. The van der Waals surface area contributed by atoms with Crippen molar-refractivity contribution in [3.8, 4) is 5.75 Å². The number of alkyl halides is 3. The minimum Gasteiger partial charge on any atom is -0.487 e. The average molecular weight is 535 g/mol. The zero-order valence-corrected chi connectivity index (χ0v) is 21.2. The van der Waals surface area contributed by atoms with Gasteiger partial charge in [0.25, 0.3) is 11.9 Å². The maximum atomic E-state index is 13.2. The molecule has 3 N–H and O–H groups in total. The number of halogens is 3. The first-order chi connectivity index (χ1) is 17.8. The molecule has 1 fully saturated rings. The van der Waals surface area contributed by atoms with Crippen molar-refractivity contribution >= 4 is 23.8 Å². The number of nitrogens with two attached hydrogens (primary N) is 1. The van der Waals surface area contributed by atoms with Crippen LogP contribution in [0.15, 0.2) is 51.8 Å². The molecule has 204 valence electrons. The van der Waals surface area contributed by atoms with Gasteiger partial charge in [-0.2, -0.15) is 13.2 Å². The number of aliphatic imine (C=N–C) groups is 2. The number of nitrogens with zero attached hydrogens (tertiary/aromatic N) is 2. The summed E-state index contributed by atoms with van der Waals surface area (Å²) in [6.45, 7) is 5.38. The third kappa shape index (κ3) is 4.40. The first-order valence-corrected chi connectivity index (χ1v) is 12.2. The van der Waals surface area contributed by atoms with Gasteiger partial charge in [-0.25, -0.2) is 9.98 Å². The molecule has 0 saturated carbocycles. The van der Waals surface area contributed by atoms with Gasteiger partial charge in [0.1, 0.15) is 35.0 Å². The molecule has 1 amide bonds. The number of carbonyl (C=O) groups is 1. The maximum absolute atomic E-state index is 13.2. The normalized spacial score (nSPS) is 27.0. The summed E-state index contributed by atoms with van der Waals surface area (Å²) in [4.78, 5) is 22.0. The van der Waals surface area contributed by atoms with Crippen LogP contribution in [0.2, 0.25) is 0 Å². The molecule has 0 aromatic heterocycles.